The summed E-state index contributed by atoms with van der Waals surface area (Å²) in [5, 5.41) is 0. The zero-order chi connectivity index (χ0) is 23.8. The maximum absolute atomic E-state index is 13.4. The Kier molecular flexibility index (Phi) is 12.2. The third-order valence-corrected chi connectivity index (χ3v) is 3.92. The minimum atomic E-state index is -4.61. The van der Waals surface area contributed by atoms with E-state index < -0.39 is 23.4 Å². The maximum atomic E-state index is 13.4. The van der Waals surface area contributed by atoms with Gasteiger partial charge in [0.2, 0.25) is 6.79 Å². The number of nitrogens with zero attached hydrogens (tertiary/aromatic N) is 1. The highest BCUT2D eigenvalue weighted by molar-refractivity contribution is 5.87. The maximum Gasteiger partial charge on any atom is 0.418 e. The Balaban J connectivity index is 0.00000161. The summed E-state index contributed by atoms with van der Waals surface area (Å²) in [4.78, 5) is 16.5. The zero-order valence-electron chi connectivity index (χ0n) is 18.0. The monoisotopic (exact) mass is 449 g/mol. The van der Waals surface area contributed by atoms with Gasteiger partial charge in [-0.05, 0) is 32.1 Å². The molecule has 0 saturated carbocycles. The van der Waals surface area contributed by atoms with E-state index in [2.05, 4.69) is 17.3 Å². The van der Waals surface area contributed by atoms with Crippen molar-refractivity contribution in [2.75, 3.05) is 20.0 Å². The fraction of sp³-hybridized carbons (Fsp3) is 0.333. The minimum Gasteiger partial charge on any atom is -0.461 e. The highest BCUT2D eigenvalue weighted by Crippen LogP contribution is 2.34. The lowest BCUT2D eigenvalue weighted by molar-refractivity contribution is -0.139. The van der Waals surface area contributed by atoms with Gasteiger partial charge in [0.05, 0.1) is 30.4 Å². The topological polar surface area (TPSA) is 57.7 Å². The lowest BCUT2D eigenvalue weighted by Crippen LogP contribution is -2.23. The second kappa shape index (κ2) is 14.7. The Morgan fingerprint density at radius 3 is 2.75 bits per heavy atom. The van der Waals surface area contributed by atoms with Crippen molar-refractivity contribution in [3.8, 4) is 12.3 Å². The van der Waals surface area contributed by atoms with E-state index in [1.165, 1.54) is 18.5 Å². The van der Waals surface area contributed by atoms with Crippen LogP contribution < -0.4 is 0 Å². The predicted molar refractivity (Wildman–Crippen MR) is 115 cm³/mol. The molecule has 1 aliphatic heterocycles. The van der Waals surface area contributed by atoms with Crippen molar-refractivity contribution in [1.82, 2.24) is 4.98 Å². The summed E-state index contributed by atoms with van der Waals surface area (Å²) in [5.41, 5.74) is -1.25. The molecule has 1 aromatic rings. The molecule has 2 rings (SSSR count). The fourth-order valence-corrected chi connectivity index (χ4v) is 2.50. The molecule has 0 amide bonds. The second-order valence-corrected chi connectivity index (χ2v) is 6.29. The van der Waals surface area contributed by atoms with E-state index in [1.807, 2.05) is 0 Å². The van der Waals surface area contributed by atoms with E-state index >= 15 is 0 Å². The molecule has 0 spiro atoms. The van der Waals surface area contributed by atoms with Gasteiger partial charge in [-0.3, -0.25) is 9.78 Å². The number of alkyl halides is 3. The molecule has 1 aromatic heterocycles. The van der Waals surface area contributed by atoms with Crippen LogP contribution in [0.25, 0.3) is 0 Å². The molecule has 0 aliphatic carbocycles. The summed E-state index contributed by atoms with van der Waals surface area (Å²) in [6.45, 7) is 3.61. The van der Waals surface area contributed by atoms with Crippen LogP contribution in [0.1, 0.15) is 37.4 Å². The summed E-state index contributed by atoms with van der Waals surface area (Å²) in [6.07, 6.45) is 12.5. The van der Waals surface area contributed by atoms with Crippen LogP contribution in [-0.2, 0) is 25.2 Å². The van der Waals surface area contributed by atoms with Gasteiger partial charge in [0.25, 0.3) is 0 Å². The minimum absolute atomic E-state index is 0.0632. The summed E-state index contributed by atoms with van der Waals surface area (Å²) in [5.74, 6) is 1.25. The number of carbonyl (C=O) groups is 1. The van der Waals surface area contributed by atoms with Crippen LogP contribution in [0.4, 0.5) is 13.2 Å². The molecule has 2 heterocycles. The Morgan fingerprint density at radius 2 is 2.12 bits per heavy atom. The Labute approximate surface area is 186 Å². The van der Waals surface area contributed by atoms with Gasteiger partial charge in [0.15, 0.2) is 5.76 Å². The normalized spacial score (nSPS) is 14.4. The Morgan fingerprint density at radius 1 is 1.38 bits per heavy atom. The quantitative estimate of drug-likeness (QED) is 0.209. The van der Waals surface area contributed by atoms with E-state index in [9.17, 15) is 18.0 Å². The van der Waals surface area contributed by atoms with E-state index in [1.54, 1.807) is 50.3 Å². The van der Waals surface area contributed by atoms with E-state index in [0.717, 1.165) is 6.07 Å². The SMILES string of the molecule is C#CC.C/C=C\COCC(C(=O)C/C=C/C=C\C1=COCO1)c1ncccc1C(F)(F)F. The van der Waals surface area contributed by atoms with Crippen molar-refractivity contribution >= 4 is 5.78 Å². The van der Waals surface area contributed by atoms with Gasteiger partial charge in [-0.25, -0.2) is 0 Å². The van der Waals surface area contributed by atoms with Crippen LogP contribution in [0, 0.1) is 12.3 Å². The molecule has 1 unspecified atom stereocenters. The number of halogens is 3. The molecule has 0 radical (unpaired) electrons. The lowest BCUT2D eigenvalue weighted by Gasteiger charge is -2.19. The summed E-state index contributed by atoms with van der Waals surface area (Å²) >= 11 is 0. The predicted octanol–water partition coefficient (Wildman–Crippen LogP) is 5.33. The summed E-state index contributed by atoms with van der Waals surface area (Å²) < 4.78 is 55.5. The first kappa shape index (κ1) is 26.7. The largest absolute Gasteiger partial charge is 0.461 e. The molecular weight excluding hydrogens is 423 g/mol. The number of terminal acetylenes is 1. The number of hydrogen-bond acceptors (Lipinski definition) is 5. The molecule has 0 saturated heterocycles. The molecule has 0 aromatic carbocycles. The summed E-state index contributed by atoms with van der Waals surface area (Å²) in [7, 11) is 0. The number of Topliss-reactive ketones (excluding diaryl/α,β-unsaturated/α-hetero) is 1. The van der Waals surface area contributed by atoms with Gasteiger partial charge >= 0.3 is 6.18 Å². The number of rotatable bonds is 10. The van der Waals surface area contributed by atoms with Crippen LogP contribution in [0.3, 0.4) is 0 Å². The van der Waals surface area contributed by atoms with Crippen LogP contribution in [0.2, 0.25) is 0 Å². The number of aromatic nitrogens is 1. The number of hydrogen-bond donors (Lipinski definition) is 0. The van der Waals surface area contributed by atoms with Crippen LogP contribution in [0.5, 0.6) is 0 Å². The smallest absolute Gasteiger partial charge is 0.418 e. The van der Waals surface area contributed by atoms with Crippen molar-refractivity contribution in [1.29, 1.82) is 0 Å². The van der Waals surface area contributed by atoms with Crippen LogP contribution in [0.15, 0.2) is 66.8 Å². The first-order valence-corrected chi connectivity index (χ1v) is 9.74. The number of allylic oxidation sites excluding steroid dienone is 5. The third-order valence-electron chi connectivity index (χ3n) is 3.92. The molecule has 1 atom stereocenters. The highest BCUT2D eigenvalue weighted by Gasteiger charge is 2.37. The first-order valence-electron chi connectivity index (χ1n) is 9.74. The van der Waals surface area contributed by atoms with Gasteiger partial charge in [-0.2, -0.15) is 13.2 Å². The molecular formula is C24H26F3NO4. The molecule has 0 fully saturated rings. The van der Waals surface area contributed by atoms with Crippen molar-refractivity contribution in [3.05, 3.63) is 78.1 Å². The lowest BCUT2D eigenvalue weighted by atomic mass is 9.94. The van der Waals surface area contributed by atoms with Crippen LogP contribution >= 0.6 is 0 Å². The average molecular weight is 449 g/mol. The number of ether oxygens (including phenoxy) is 3. The molecule has 1 aliphatic rings. The van der Waals surface area contributed by atoms with E-state index in [4.69, 9.17) is 14.2 Å². The molecule has 0 bridgehead atoms. The van der Waals surface area contributed by atoms with Crippen molar-refractivity contribution in [3.63, 3.8) is 0 Å². The first-order chi connectivity index (χ1) is 15.3. The summed E-state index contributed by atoms with van der Waals surface area (Å²) in [6, 6.07) is 2.12. The Bertz CT molecular complexity index is 880. The molecule has 5 nitrogen and oxygen atoms in total. The number of pyridine rings is 1. The molecule has 0 N–H and O–H groups in total. The molecule has 8 heteroatoms. The standard InChI is InChI=1S/C21H22F3NO4.C3H4/c1-2-3-12-27-14-17(20-18(21(22,23)24)9-7-11-25-20)19(26)10-6-4-5-8-16-13-28-15-29-16;1-3-2/h2-9,11,13,17H,10,12,14-15H2,1H3;1H,2H3/b3-2-,6-4+,8-5-;. The van der Waals surface area contributed by atoms with Crippen LogP contribution in [-0.4, -0.2) is 30.8 Å². The van der Waals surface area contributed by atoms with E-state index in [0.29, 0.717) is 5.76 Å². The number of ketones is 1. The Hall–Kier alpha value is -3.31. The van der Waals surface area contributed by atoms with Gasteiger partial charge in [0, 0.05) is 12.6 Å². The zero-order valence-corrected chi connectivity index (χ0v) is 18.0. The van der Waals surface area contributed by atoms with Crippen molar-refractivity contribution in [2.45, 2.75) is 32.4 Å². The van der Waals surface area contributed by atoms with Gasteiger partial charge < -0.3 is 14.2 Å². The molecule has 172 valence electrons. The van der Waals surface area contributed by atoms with Gasteiger partial charge in [-0.1, -0.05) is 30.4 Å². The van der Waals surface area contributed by atoms with Crippen molar-refractivity contribution < 1.29 is 32.2 Å². The van der Waals surface area contributed by atoms with Crippen molar-refractivity contribution in [2.24, 2.45) is 0 Å². The van der Waals surface area contributed by atoms with Gasteiger partial charge in [-0.15, -0.1) is 12.3 Å². The second-order valence-electron chi connectivity index (χ2n) is 6.29. The highest BCUT2D eigenvalue weighted by atomic mass is 19.4. The molecule has 32 heavy (non-hydrogen) atoms. The van der Waals surface area contributed by atoms with Gasteiger partial charge in [0.1, 0.15) is 12.0 Å². The number of carbonyl (C=O) groups excluding carboxylic acids is 1. The average Bonchev–Trinajstić information content (AvgIpc) is 3.27. The van der Waals surface area contributed by atoms with E-state index in [-0.39, 0.29) is 32.1 Å². The third kappa shape index (κ3) is 9.67. The fourth-order valence-electron chi connectivity index (χ4n) is 2.50.